The van der Waals surface area contributed by atoms with Gasteiger partial charge in [0.15, 0.2) is 0 Å². The summed E-state index contributed by atoms with van der Waals surface area (Å²) in [5, 5.41) is 8.79. The second-order valence-corrected chi connectivity index (χ2v) is 4.37. The fourth-order valence-electron chi connectivity index (χ4n) is 1.63. The highest BCUT2D eigenvalue weighted by Crippen LogP contribution is 2.28. The van der Waals surface area contributed by atoms with Gasteiger partial charge in [0.1, 0.15) is 6.33 Å². The van der Waals surface area contributed by atoms with Crippen molar-refractivity contribution in [3.05, 3.63) is 42.2 Å². The number of hydrogen-bond donors (Lipinski definition) is 1. The van der Waals surface area contributed by atoms with Gasteiger partial charge in [0.05, 0.1) is 6.04 Å². The summed E-state index contributed by atoms with van der Waals surface area (Å²) in [6.45, 7) is 0. The first-order valence-electron chi connectivity index (χ1n) is 4.78. The molecular formula is C10H10N4S. The van der Waals surface area contributed by atoms with E-state index >= 15 is 0 Å². The normalized spacial score (nSPS) is 19.3. The number of nitrogens with one attached hydrogen (secondary N) is 1. The number of benzene rings is 1. The number of thioether (sulfide) groups is 1. The van der Waals surface area contributed by atoms with Crippen molar-refractivity contribution in [2.75, 3.05) is 11.2 Å². The zero-order chi connectivity index (χ0) is 10.1. The molecule has 0 saturated heterocycles. The van der Waals surface area contributed by atoms with Crippen molar-refractivity contribution in [3.8, 4) is 0 Å². The summed E-state index contributed by atoms with van der Waals surface area (Å²) in [5.74, 6) is 0.989. The molecule has 2 aromatic rings. The van der Waals surface area contributed by atoms with Gasteiger partial charge < -0.3 is 5.43 Å². The van der Waals surface area contributed by atoms with E-state index in [1.807, 2.05) is 10.7 Å². The van der Waals surface area contributed by atoms with Crippen LogP contribution in [0.15, 0.2) is 41.8 Å². The van der Waals surface area contributed by atoms with Gasteiger partial charge in [0, 0.05) is 5.75 Å². The molecule has 76 valence electrons. The Kier molecular flexibility index (Phi) is 2.10. The van der Waals surface area contributed by atoms with E-state index in [9.17, 15) is 0 Å². The lowest BCUT2D eigenvalue weighted by Gasteiger charge is -2.24. The molecular weight excluding hydrogens is 208 g/mol. The van der Waals surface area contributed by atoms with Gasteiger partial charge in [-0.25, -0.2) is 4.68 Å². The van der Waals surface area contributed by atoms with Crippen molar-refractivity contribution in [3.63, 3.8) is 0 Å². The zero-order valence-corrected chi connectivity index (χ0v) is 8.81. The molecule has 15 heavy (non-hydrogen) atoms. The first-order chi connectivity index (χ1) is 7.43. The number of hydrogen-bond acceptors (Lipinski definition) is 4. The summed E-state index contributed by atoms with van der Waals surface area (Å²) in [6, 6.07) is 10.7. The highest BCUT2D eigenvalue weighted by atomic mass is 32.2. The van der Waals surface area contributed by atoms with Crippen LogP contribution in [0.2, 0.25) is 0 Å². The Morgan fingerprint density at radius 3 is 3.07 bits per heavy atom. The Morgan fingerprint density at radius 1 is 1.33 bits per heavy atom. The van der Waals surface area contributed by atoms with Crippen molar-refractivity contribution >= 4 is 11.8 Å². The van der Waals surface area contributed by atoms with Crippen LogP contribution >= 0.6 is 11.8 Å². The molecule has 1 atom stereocenters. The van der Waals surface area contributed by atoms with Crippen LogP contribution in [0.25, 0.3) is 0 Å². The SMILES string of the molecule is c1ccc(C2CSc3nncn3N2)cc1. The van der Waals surface area contributed by atoms with Crippen LogP contribution in [0.4, 0.5) is 0 Å². The quantitative estimate of drug-likeness (QED) is 0.790. The van der Waals surface area contributed by atoms with Crippen LogP contribution in [0.1, 0.15) is 11.6 Å². The van der Waals surface area contributed by atoms with Gasteiger partial charge in [-0.3, -0.25) is 0 Å². The highest BCUT2D eigenvalue weighted by Gasteiger charge is 2.20. The summed E-state index contributed by atoms with van der Waals surface area (Å²) in [7, 11) is 0. The fraction of sp³-hybridized carbons (Fsp3) is 0.200. The maximum Gasteiger partial charge on any atom is 0.209 e. The highest BCUT2D eigenvalue weighted by molar-refractivity contribution is 7.99. The van der Waals surface area contributed by atoms with Gasteiger partial charge in [-0.05, 0) is 5.56 Å². The molecule has 4 nitrogen and oxygen atoms in total. The van der Waals surface area contributed by atoms with Crippen LogP contribution in [-0.2, 0) is 0 Å². The number of rotatable bonds is 1. The largest absolute Gasteiger partial charge is 0.314 e. The Bertz CT molecular complexity index is 453. The summed E-state index contributed by atoms with van der Waals surface area (Å²) < 4.78 is 1.88. The van der Waals surface area contributed by atoms with Crippen LogP contribution in [0, 0.1) is 0 Å². The molecule has 0 radical (unpaired) electrons. The minimum Gasteiger partial charge on any atom is -0.314 e. The molecule has 1 aromatic carbocycles. The molecule has 0 fully saturated rings. The third kappa shape index (κ3) is 1.59. The summed E-state index contributed by atoms with van der Waals surface area (Å²) >= 11 is 1.73. The molecule has 0 saturated carbocycles. The van der Waals surface area contributed by atoms with Crippen molar-refractivity contribution in [2.45, 2.75) is 11.2 Å². The molecule has 1 aliphatic heterocycles. The van der Waals surface area contributed by atoms with E-state index in [1.54, 1.807) is 18.1 Å². The van der Waals surface area contributed by atoms with Crippen molar-refractivity contribution in [1.29, 1.82) is 0 Å². The Labute approximate surface area is 91.7 Å². The first kappa shape index (κ1) is 8.79. The predicted molar refractivity (Wildman–Crippen MR) is 59.3 cm³/mol. The molecule has 3 rings (SSSR count). The molecule has 1 aliphatic rings. The summed E-state index contributed by atoms with van der Waals surface area (Å²) in [6.07, 6.45) is 1.71. The fourth-order valence-corrected chi connectivity index (χ4v) is 2.56. The van der Waals surface area contributed by atoms with Crippen molar-refractivity contribution in [2.24, 2.45) is 0 Å². The van der Waals surface area contributed by atoms with E-state index in [0.717, 1.165) is 10.9 Å². The molecule has 2 heterocycles. The Morgan fingerprint density at radius 2 is 2.20 bits per heavy atom. The maximum absolute atomic E-state index is 4.00. The Hall–Kier alpha value is -1.49. The van der Waals surface area contributed by atoms with Crippen LogP contribution in [0.5, 0.6) is 0 Å². The number of nitrogens with zero attached hydrogens (tertiary/aromatic N) is 3. The van der Waals surface area contributed by atoms with Gasteiger partial charge >= 0.3 is 0 Å². The molecule has 1 unspecified atom stereocenters. The topological polar surface area (TPSA) is 42.7 Å². The van der Waals surface area contributed by atoms with Gasteiger partial charge in [0.25, 0.3) is 0 Å². The van der Waals surface area contributed by atoms with E-state index in [2.05, 4.69) is 39.9 Å². The molecule has 0 bridgehead atoms. The third-order valence-electron chi connectivity index (χ3n) is 2.39. The standard InChI is InChI=1S/C10H10N4S/c1-2-4-8(5-3-1)9-6-15-10-12-11-7-14(10)13-9/h1-5,7,9,13H,6H2. The molecule has 1 N–H and O–H groups in total. The van der Waals surface area contributed by atoms with E-state index in [4.69, 9.17) is 0 Å². The zero-order valence-electron chi connectivity index (χ0n) is 8.00. The number of aromatic nitrogens is 3. The minimum atomic E-state index is 0.333. The van der Waals surface area contributed by atoms with E-state index in [0.29, 0.717) is 6.04 Å². The predicted octanol–water partition coefficient (Wildman–Crippen LogP) is 1.67. The number of fused-ring (bicyclic) bond motifs is 1. The maximum atomic E-state index is 4.00. The second kappa shape index (κ2) is 3.58. The van der Waals surface area contributed by atoms with Crippen LogP contribution in [0.3, 0.4) is 0 Å². The average Bonchev–Trinajstić information content (AvgIpc) is 2.77. The van der Waals surface area contributed by atoms with Gasteiger partial charge in [-0.15, -0.1) is 10.2 Å². The van der Waals surface area contributed by atoms with E-state index in [-0.39, 0.29) is 0 Å². The smallest absolute Gasteiger partial charge is 0.209 e. The second-order valence-electron chi connectivity index (χ2n) is 3.39. The monoisotopic (exact) mass is 218 g/mol. The first-order valence-corrected chi connectivity index (χ1v) is 5.76. The molecule has 0 aliphatic carbocycles. The van der Waals surface area contributed by atoms with E-state index in [1.165, 1.54) is 5.56 Å². The summed E-state index contributed by atoms with van der Waals surface area (Å²) in [4.78, 5) is 0. The lowest BCUT2D eigenvalue weighted by Crippen LogP contribution is -2.26. The molecule has 1 aromatic heterocycles. The van der Waals surface area contributed by atoms with E-state index < -0.39 is 0 Å². The molecule has 0 amide bonds. The van der Waals surface area contributed by atoms with Crippen molar-refractivity contribution in [1.82, 2.24) is 14.9 Å². The third-order valence-corrected chi connectivity index (χ3v) is 3.43. The van der Waals surface area contributed by atoms with Gasteiger partial charge in [0.2, 0.25) is 5.16 Å². The average molecular weight is 218 g/mol. The van der Waals surface area contributed by atoms with Crippen LogP contribution < -0.4 is 5.43 Å². The lowest BCUT2D eigenvalue weighted by atomic mass is 10.1. The Balaban J connectivity index is 1.88. The van der Waals surface area contributed by atoms with Crippen molar-refractivity contribution < 1.29 is 0 Å². The summed E-state index contributed by atoms with van der Waals surface area (Å²) in [5.41, 5.74) is 4.66. The molecule has 5 heteroatoms. The molecule has 0 spiro atoms. The van der Waals surface area contributed by atoms with Gasteiger partial charge in [-0.1, -0.05) is 42.1 Å². The van der Waals surface area contributed by atoms with Gasteiger partial charge in [-0.2, -0.15) is 0 Å². The minimum absolute atomic E-state index is 0.333. The lowest BCUT2D eigenvalue weighted by molar-refractivity contribution is 0.658. The van der Waals surface area contributed by atoms with Crippen LogP contribution in [-0.4, -0.2) is 20.6 Å².